The Morgan fingerprint density at radius 1 is 1.41 bits per heavy atom. The van der Waals surface area contributed by atoms with Gasteiger partial charge in [0.25, 0.3) is 0 Å². The molecule has 0 saturated heterocycles. The van der Waals surface area contributed by atoms with E-state index >= 15 is 0 Å². The summed E-state index contributed by atoms with van der Waals surface area (Å²) in [5.74, 6) is 0.0139. The molecule has 1 aromatic heterocycles. The van der Waals surface area contributed by atoms with Crippen molar-refractivity contribution in [1.29, 1.82) is 5.26 Å². The molecule has 0 spiro atoms. The van der Waals surface area contributed by atoms with Crippen molar-refractivity contribution in [3.8, 4) is 6.07 Å². The molecule has 0 N–H and O–H groups in total. The van der Waals surface area contributed by atoms with Crippen LogP contribution in [-0.4, -0.2) is 38.4 Å². The molecule has 22 heavy (non-hydrogen) atoms. The number of tetrazole rings is 1. The smallest absolute Gasteiger partial charge is 0.238 e. The van der Waals surface area contributed by atoms with Crippen LogP contribution in [0.15, 0.2) is 35.5 Å². The Balaban J connectivity index is 2.06. The van der Waals surface area contributed by atoms with Crippen LogP contribution < -0.4 is 4.90 Å². The molecule has 8 heteroatoms. The monoisotopic (exact) mass is 316 g/mol. The van der Waals surface area contributed by atoms with E-state index in [0.29, 0.717) is 10.8 Å². The molecule has 0 unspecified atom stereocenters. The second-order valence-corrected chi connectivity index (χ2v) is 5.70. The third-order valence-electron chi connectivity index (χ3n) is 2.87. The molecule has 1 heterocycles. The lowest BCUT2D eigenvalue weighted by atomic mass is 10.3. The number of thioether (sulfide) groups is 1. The van der Waals surface area contributed by atoms with E-state index < -0.39 is 0 Å². The van der Waals surface area contributed by atoms with E-state index in [1.165, 1.54) is 16.7 Å². The van der Waals surface area contributed by atoms with E-state index in [9.17, 15) is 4.79 Å². The number of carbonyl (C=O) groups is 1. The van der Waals surface area contributed by atoms with Crippen molar-refractivity contribution in [2.24, 2.45) is 0 Å². The number of carbonyl (C=O) groups excluding carboxylic acids is 1. The number of anilines is 1. The van der Waals surface area contributed by atoms with Gasteiger partial charge in [0.05, 0.1) is 17.9 Å². The topological polar surface area (TPSA) is 87.7 Å². The van der Waals surface area contributed by atoms with E-state index in [1.807, 2.05) is 38.1 Å². The lowest BCUT2D eigenvalue weighted by Gasteiger charge is -2.19. The summed E-state index contributed by atoms with van der Waals surface area (Å²) in [6.07, 6.45) is 0. The first-order chi connectivity index (χ1) is 10.6. The number of nitrogens with zero attached hydrogens (tertiary/aromatic N) is 6. The molecular formula is C14H16N6OS. The Hall–Kier alpha value is -2.40. The van der Waals surface area contributed by atoms with E-state index in [1.54, 1.807) is 16.8 Å². The number of hydrogen-bond donors (Lipinski definition) is 0. The number of rotatable bonds is 6. The summed E-state index contributed by atoms with van der Waals surface area (Å²) in [7, 11) is 0. The lowest BCUT2D eigenvalue weighted by Crippen LogP contribution is -2.32. The summed E-state index contributed by atoms with van der Waals surface area (Å²) < 4.78 is 1.66. The maximum Gasteiger partial charge on any atom is 0.238 e. The van der Waals surface area contributed by atoms with Gasteiger partial charge in [0.1, 0.15) is 6.54 Å². The van der Waals surface area contributed by atoms with Gasteiger partial charge in [-0.3, -0.25) is 9.69 Å². The molecule has 2 aromatic rings. The molecule has 0 aliphatic rings. The minimum Gasteiger partial charge on any atom is -0.298 e. The predicted octanol–water partition coefficient (Wildman–Crippen LogP) is 1.90. The summed E-state index contributed by atoms with van der Waals surface area (Å²) >= 11 is 1.27. The normalized spacial score (nSPS) is 10.5. The number of aromatic nitrogens is 4. The van der Waals surface area contributed by atoms with Gasteiger partial charge in [-0.1, -0.05) is 30.0 Å². The summed E-state index contributed by atoms with van der Waals surface area (Å²) in [5, 5.41) is 21.0. The number of para-hydroxylation sites is 1. The van der Waals surface area contributed by atoms with Gasteiger partial charge in [-0.15, -0.1) is 5.10 Å². The molecule has 1 amide bonds. The molecule has 0 fully saturated rings. The minimum atomic E-state index is -0.156. The van der Waals surface area contributed by atoms with E-state index in [-0.39, 0.29) is 24.2 Å². The fourth-order valence-electron chi connectivity index (χ4n) is 1.81. The maximum absolute atomic E-state index is 12.4. The molecule has 0 radical (unpaired) electrons. The van der Waals surface area contributed by atoms with Gasteiger partial charge in [-0.25, -0.2) is 4.68 Å². The van der Waals surface area contributed by atoms with Crippen molar-refractivity contribution in [2.75, 3.05) is 17.2 Å². The summed E-state index contributed by atoms with van der Waals surface area (Å²) in [6.45, 7) is 3.95. The summed E-state index contributed by atoms with van der Waals surface area (Å²) in [6, 6.07) is 11.3. The van der Waals surface area contributed by atoms with Crippen molar-refractivity contribution in [3.05, 3.63) is 30.3 Å². The molecule has 0 bridgehead atoms. The maximum atomic E-state index is 12.4. The first-order valence-electron chi connectivity index (χ1n) is 6.76. The first-order valence-corrected chi connectivity index (χ1v) is 7.75. The molecule has 2 rings (SSSR count). The van der Waals surface area contributed by atoms with Crippen LogP contribution in [0.3, 0.4) is 0 Å². The summed E-state index contributed by atoms with van der Waals surface area (Å²) in [4.78, 5) is 13.8. The zero-order chi connectivity index (χ0) is 15.9. The Kier molecular flexibility index (Phi) is 5.49. The van der Waals surface area contributed by atoms with Gasteiger partial charge in [0, 0.05) is 5.69 Å². The Bertz CT molecular complexity index is 663. The quantitative estimate of drug-likeness (QED) is 0.597. The Morgan fingerprint density at radius 2 is 2.14 bits per heavy atom. The molecule has 114 valence electrons. The molecule has 0 aliphatic carbocycles. The Labute approximate surface area is 132 Å². The highest BCUT2D eigenvalue weighted by Crippen LogP contribution is 2.20. The van der Waals surface area contributed by atoms with Crippen LogP contribution in [0.1, 0.15) is 19.9 Å². The number of benzene rings is 1. The standard InChI is InChI=1S/C14H16N6OS/c1-11(2)20-14(16-17-18-20)22-10-13(21)19(9-8-15)12-6-4-3-5-7-12/h3-7,11H,9-10H2,1-2H3. The third-order valence-corrected chi connectivity index (χ3v) is 3.79. The van der Waals surface area contributed by atoms with Gasteiger partial charge >= 0.3 is 0 Å². The molecule has 7 nitrogen and oxygen atoms in total. The highest BCUT2D eigenvalue weighted by molar-refractivity contribution is 7.99. The molecule has 0 atom stereocenters. The van der Waals surface area contributed by atoms with Crippen molar-refractivity contribution in [1.82, 2.24) is 20.2 Å². The molecular weight excluding hydrogens is 300 g/mol. The predicted molar refractivity (Wildman–Crippen MR) is 83.3 cm³/mol. The van der Waals surface area contributed by atoms with Crippen molar-refractivity contribution >= 4 is 23.4 Å². The minimum absolute atomic E-state index is 0.0124. The third kappa shape index (κ3) is 3.83. The van der Waals surface area contributed by atoms with Crippen LogP contribution in [0.5, 0.6) is 0 Å². The van der Waals surface area contributed by atoms with E-state index in [0.717, 1.165) is 0 Å². The zero-order valence-corrected chi connectivity index (χ0v) is 13.2. The molecule has 0 aliphatic heterocycles. The van der Waals surface area contributed by atoms with Gasteiger partial charge in [-0.05, 0) is 36.4 Å². The van der Waals surface area contributed by atoms with E-state index in [2.05, 4.69) is 15.5 Å². The summed E-state index contributed by atoms with van der Waals surface area (Å²) in [5.41, 5.74) is 0.707. The SMILES string of the molecule is CC(C)n1nnnc1SCC(=O)N(CC#N)c1ccccc1. The van der Waals surface area contributed by atoms with Crippen LogP contribution >= 0.6 is 11.8 Å². The number of hydrogen-bond acceptors (Lipinski definition) is 6. The average molecular weight is 316 g/mol. The lowest BCUT2D eigenvalue weighted by molar-refractivity contribution is -0.116. The van der Waals surface area contributed by atoms with Crippen LogP contribution in [0, 0.1) is 11.3 Å². The van der Waals surface area contributed by atoms with Crippen molar-refractivity contribution < 1.29 is 4.79 Å². The first kappa shape index (κ1) is 16.0. The van der Waals surface area contributed by atoms with Crippen LogP contribution in [0.2, 0.25) is 0 Å². The van der Waals surface area contributed by atoms with Gasteiger partial charge in [-0.2, -0.15) is 5.26 Å². The zero-order valence-electron chi connectivity index (χ0n) is 12.4. The highest BCUT2D eigenvalue weighted by atomic mass is 32.2. The second kappa shape index (κ2) is 7.56. The Morgan fingerprint density at radius 3 is 2.77 bits per heavy atom. The molecule has 0 saturated carbocycles. The van der Waals surface area contributed by atoms with Crippen LogP contribution in [0.25, 0.3) is 0 Å². The molecule has 1 aromatic carbocycles. The van der Waals surface area contributed by atoms with Gasteiger partial charge in [0.2, 0.25) is 11.1 Å². The van der Waals surface area contributed by atoms with Crippen LogP contribution in [-0.2, 0) is 4.79 Å². The average Bonchev–Trinajstić information content (AvgIpc) is 3.00. The second-order valence-electron chi connectivity index (χ2n) is 4.76. The number of nitriles is 1. The van der Waals surface area contributed by atoms with Gasteiger partial charge < -0.3 is 0 Å². The fraction of sp³-hybridized carbons (Fsp3) is 0.357. The van der Waals surface area contributed by atoms with Crippen LogP contribution in [0.4, 0.5) is 5.69 Å². The largest absolute Gasteiger partial charge is 0.298 e. The van der Waals surface area contributed by atoms with E-state index in [4.69, 9.17) is 5.26 Å². The van der Waals surface area contributed by atoms with Crippen molar-refractivity contribution in [3.63, 3.8) is 0 Å². The van der Waals surface area contributed by atoms with Crippen molar-refractivity contribution in [2.45, 2.75) is 25.0 Å². The highest BCUT2D eigenvalue weighted by Gasteiger charge is 2.18. The van der Waals surface area contributed by atoms with Gasteiger partial charge in [0.15, 0.2) is 0 Å². The number of amides is 1. The fourth-order valence-corrected chi connectivity index (χ4v) is 2.69.